The fourth-order valence-electron chi connectivity index (χ4n) is 2.01. The maximum Gasteiger partial charge on any atom is 0.202 e. The third-order valence-corrected chi connectivity index (χ3v) is 3.42. The highest BCUT2D eigenvalue weighted by Crippen LogP contribution is 2.29. The lowest BCUT2D eigenvalue weighted by Gasteiger charge is -2.19. The van der Waals surface area contributed by atoms with Gasteiger partial charge < -0.3 is 5.32 Å². The molecule has 1 aliphatic rings. The van der Waals surface area contributed by atoms with Crippen LogP contribution in [0.3, 0.4) is 0 Å². The van der Waals surface area contributed by atoms with Crippen LogP contribution < -0.4 is 5.32 Å². The molecule has 0 amide bonds. The van der Waals surface area contributed by atoms with E-state index in [1.165, 1.54) is 37.2 Å². The fourth-order valence-corrected chi connectivity index (χ4v) is 2.53. The molecule has 1 aromatic rings. The van der Waals surface area contributed by atoms with Crippen molar-refractivity contribution in [2.75, 3.05) is 5.32 Å². The molecule has 0 radical (unpaired) electrons. The van der Waals surface area contributed by atoms with Gasteiger partial charge in [0.1, 0.15) is 6.33 Å². The zero-order valence-corrected chi connectivity index (χ0v) is 8.68. The number of rotatable bonds is 3. The van der Waals surface area contributed by atoms with E-state index in [9.17, 15) is 0 Å². The standard InChI is InChI=1S/C9H15N3S/c1-7(8-4-2-3-5-8)12-9-10-6-11-13-9/h6-8H,2-5H2,1H3,(H,10,11,12). The van der Waals surface area contributed by atoms with Crippen LogP contribution in [0, 0.1) is 5.92 Å². The summed E-state index contributed by atoms with van der Waals surface area (Å²) in [5, 5.41) is 4.37. The molecule has 1 aromatic heterocycles. The average Bonchev–Trinajstić information content (AvgIpc) is 2.74. The Kier molecular flexibility index (Phi) is 2.78. The first-order valence-electron chi connectivity index (χ1n) is 4.89. The first-order chi connectivity index (χ1) is 6.36. The zero-order valence-electron chi connectivity index (χ0n) is 7.86. The Morgan fingerprint density at radius 3 is 2.92 bits per heavy atom. The highest BCUT2D eigenvalue weighted by atomic mass is 32.1. The Labute approximate surface area is 82.8 Å². The van der Waals surface area contributed by atoms with Crippen molar-refractivity contribution in [2.45, 2.75) is 38.6 Å². The number of nitrogens with one attached hydrogen (secondary N) is 1. The first kappa shape index (κ1) is 8.94. The van der Waals surface area contributed by atoms with Crippen molar-refractivity contribution in [2.24, 2.45) is 5.92 Å². The van der Waals surface area contributed by atoms with Crippen LogP contribution in [-0.4, -0.2) is 15.4 Å². The van der Waals surface area contributed by atoms with Crippen LogP contribution in [-0.2, 0) is 0 Å². The molecular formula is C9H15N3S. The van der Waals surface area contributed by atoms with Crippen LogP contribution in [0.4, 0.5) is 5.13 Å². The minimum absolute atomic E-state index is 0.551. The van der Waals surface area contributed by atoms with E-state index >= 15 is 0 Å². The molecule has 72 valence electrons. The van der Waals surface area contributed by atoms with Crippen molar-refractivity contribution in [3.8, 4) is 0 Å². The summed E-state index contributed by atoms with van der Waals surface area (Å²) in [6.07, 6.45) is 7.13. The SMILES string of the molecule is CC(Nc1ncns1)C1CCCC1. The molecule has 0 aromatic carbocycles. The summed E-state index contributed by atoms with van der Waals surface area (Å²) in [4.78, 5) is 4.12. The lowest BCUT2D eigenvalue weighted by atomic mass is 10.0. The Morgan fingerprint density at radius 2 is 2.31 bits per heavy atom. The molecule has 1 N–H and O–H groups in total. The second-order valence-corrected chi connectivity index (χ2v) is 4.50. The summed E-state index contributed by atoms with van der Waals surface area (Å²) in [6.45, 7) is 2.25. The van der Waals surface area contributed by atoms with Gasteiger partial charge in [0.05, 0.1) is 0 Å². The van der Waals surface area contributed by atoms with Gasteiger partial charge >= 0.3 is 0 Å². The van der Waals surface area contributed by atoms with Crippen LogP contribution in [0.25, 0.3) is 0 Å². The quantitative estimate of drug-likeness (QED) is 0.809. The van der Waals surface area contributed by atoms with Crippen molar-refractivity contribution < 1.29 is 0 Å². The average molecular weight is 197 g/mol. The Morgan fingerprint density at radius 1 is 1.54 bits per heavy atom. The molecule has 3 nitrogen and oxygen atoms in total. The molecule has 4 heteroatoms. The normalized spacial score (nSPS) is 20.4. The lowest BCUT2D eigenvalue weighted by Crippen LogP contribution is -2.23. The molecule has 1 heterocycles. The highest BCUT2D eigenvalue weighted by Gasteiger charge is 2.21. The molecule has 0 spiro atoms. The number of nitrogens with zero attached hydrogens (tertiary/aromatic N) is 2. The fraction of sp³-hybridized carbons (Fsp3) is 0.778. The van der Waals surface area contributed by atoms with Crippen LogP contribution in [0.2, 0.25) is 0 Å². The maximum absolute atomic E-state index is 4.12. The van der Waals surface area contributed by atoms with E-state index in [0.29, 0.717) is 6.04 Å². The van der Waals surface area contributed by atoms with Gasteiger partial charge in [-0.15, -0.1) is 0 Å². The Hall–Kier alpha value is -0.640. The molecule has 1 aliphatic carbocycles. The Balaban J connectivity index is 1.87. The minimum Gasteiger partial charge on any atom is -0.358 e. The number of hydrogen-bond donors (Lipinski definition) is 1. The molecule has 2 rings (SSSR count). The van der Waals surface area contributed by atoms with Crippen LogP contribution >= 0.6 is 11.5 Å². The van der Waals surface area contributed by atoms with Gasteiger partial charge in [-0.3, -0.25) is 0 Å². The van der Waals surface area contributed by atoms with E-state index in [1.54, 1.807) is 6.33 Å². The second-order valence-electron chi connectivity index (χ2n) is 3.72. The van der Waals surface area contributed by atoms with Crippen molar-refractivity contribution in [3.05, 3.63) is 6.33 Å². The van der Waals surface area contributed by atoms with E-state index in [0.717, 1.165) is 11.0 Å². The van der Waals surface area contributed by atoms with Gasteiger partial charge in [0.2, 0.25) is 5.13 Å². The summed E-state index contributed by atoms with van der Waals surface area (Å²) in [7, 11) is 0. The third-order valence-electron chi connectivity index (χ3n) is 2.82. The minimum atomic E-state index is 0.551. The van der Waals surface area contributed by atoms with Crippen molar-refractivity contribution in [1.29, 1.82) is 0 Å². The van der Waals surface area contributed by atoms with Gasteiger partial charge in [-0.2, -0.15) is 4.37 Å². The molecular weight excluding hydrogens is 182 g/mol. The van der Waals surface area contributed by atoms with Gasteiger partial charge in [-0.05, 0) is 25.7 Å². The van der Waals surface area contributed by atoms with Gasteiger partial charge in [-0.25, -0.2) is 4.98 Å². The predicted molar refractivity (Wildman–Crippen MR) is 55.0 cm³/mol. The summed E-state index contributed by atoms with van der Waals surface area (Å²) >= 11 is 1.44. The van der Waals surface area contributed by atoms with Crippen LogP contribution in [0.15, 0.2) is 6.33 Å². The summed E-state index contributed by atoms with van der Waals surface area (Å²) in [6, 6.07) is 0.551. The summed E-state index contributed by atoms with van der Waals surface area (Å²) in [5.41, 5.74) is 0. The van der Waals surface area contributed by atoms with Gasteiger partial charge in [-0.1, -0.05) is 12.8 Å². The second kappa shape index (κ2) is 4.05. The number of aromatic nitrogens is 2. The van der Waals surface area contributed by atoms with E-state index in [-0.39, 0.29) is 0 Å². The van der Waals surface area contributed by atoms with Crippen LogP contribution in [0.1, 0.15) is 32.6 Å². The van der Waals surface area contributed by atoms with Gasteiger partial charge in [0, 0.05) is 17.6 Å². The first-order valence-corrected chi connectivity index (χ1v) is 5.67. The van der Waals surface area contributed by atoms with Gasteiger partial charge in [0.15, 0.2) is 0 Å². The molecule has 1 atom stereocenters. The number of anilines is 1. The monoisotopic (exact) mass is 197 g/mol. The summed E-state index contributed by atoms with van der Waals surface area (Å²) in [5.74, 6) is 0.837. The molecule has 1 unspecified atom stereocenters. The van der Waals surface area contributed by atoms with E-state index in [2.05, 4.69) is 21.6 Å². The predicted octanol–water partition coefficient (Wildman–Crippen LogP) is 2.53. The van der Waals surface area contributed by atoms with E-state index in [4.69, 9.17) is 0 Å². The topological polar surface area (TPSA) is 37.8 Å². The van der Waals surface area contributed by atoms with Crippen molar-refractivity contribution in [3.63, 3.8) is 0 Å². The van der Waals surface area contributed by atoms with E-state index in [1.807, 2.05) is 0 Å². The van der Waals surface area contributed by atoms with Crippen molar-refractivity contribution in [1.82, 2.24) is 9.36 Å². The lowest BCUT2D eigenvalue weighted by molar-refractivity contribution is 0.482. The molecule has 0 saturated heterocycles. The zero-order chi connectivity index (χ0) is 9.10. The smallest absolute Gasteiger partial charge is 0.202 e. The van der Waals surface area contributed by atoms with Crippen molar-refractivity contribution >= 4 is 16.7 Å². The molecule has 0 aliphatic heterocycles. The highest BCUT2D eigenvalue weighted by molar-refractivity contribution is 7.09. The largest absolute Gasteiger partial charge is 0.358 e. The maximum atomic E-state index is 4.12. The van der Waals surface area contributed by atoms with E-state index < -0.39 is 0 Å². The summed E-state index contributed by atoms with van der Waals surface area (Å²) < 4.78 is 3.97. The molecule has 0 bridgehead atoms. The molecule has 13 heavy (non-hydrogen) atoms. The van der Waals surface area contributed by atoms with Gasteiger partial charge in [0.25, 0.3) is 0 Å². The third kappa shape index (κ3) is 2.18. The molecule has 1 saturated carbocycles. The van der Waals surface area contributed by atoms with Crippen LogP contribution in [0.5, 0.6) is 0 Å². The molecule has 1 fully saturated rings. The number of hydrogen-bond acceptors (Lipinski definition) is 4. The Bertz CT molecular complexity index is 241.